The fourth-order valence-electron chi connectivity index (χ4n) is 2.55. The first-order valence-electron chi connectivity index (χ1n) is 6.60. The first-order chi connectivity index (χ1) is 10.0. The molecule has 21 heavy (non-hydrogen) atoms. The minimum atomic E-state index is -0.859. The molecule has 2 aromatic rings. The molecule has 0 radical (unpaired) electrons. The van der Waals surface area contributed by atoms with Crippen molar-refractivity contribution in [3.8, 4) is 11.3 Å². The van der Waals surface area contributed by atoms with Gasteiger partial charge in [0.25, 0.3) is 5.91 Å². The van der Waals surface area contributed by atoms with Crippen LogP contribution in [0.5, 0.6) is 0 Å². The molecular weight excluding hydrogens is 290 g/mol. The first-order valence-corrected chi connectivity index (χ1v) is 7.54. The third-order valence-electron chi connectivity index (χ3n) is 3.96. The van der Waals surface area contributed by atoms with Gasteiger partial charge in [0.1, 0.15) is 0 Å². The molecule has 110 valence electrons. The highest BCUT2D eigenvalue weighted by molar-refractivity contribution is 7.08. The molecule has 0 bridgehead atoms. The molecule has 0 aliphatic carbocycles. The van der Waals surface area contributed by atoms with Gasteiger partial charge in [0.2, 0.25) is 0 Å². The number of thiophene rings is 1. The van der Waals surface area contributed by atoms with E-state index in [2.05, 4.69) is 10.2 Å². The highest BCUT2D eigenvalue weighted by atomic mass is 32.1. The predicted molar refractivity (Wildman–Crippen MR) is 78.2 cm³/mol. The van der Waals surface area contributed by atoms with E-state index in [1.165, 1.54) is 6.20 Å². The Kier molecular flexibility index (Phi) is 3.29. The highest BCUT2D eigenvalue weighted by Crippen LogP contribution is 2.32. The molecule has 1 fully saturated rings. The summed E-state index contributed by atoms with van der Waals surface area (Å²) in [4.78, 5) is 25.5. The van der Waals surface area contributed by atoms with E-state index in [4.69, 9.17) is 0 Å². The lowest BCUT2D eigenvalue weighted by Gasteiger charge is -2.20. The van der Waals surface area contributed by atoms with Crippen molar-refractivity contribution in [3.63, 3.8) is 0 Å². The van der Waals surface area contributed by atoms with E-state index < -0.39 is 11.4 Å². The molecule has 2 aromatic heterocycles. The van der Waals surface area contributed by atoms with Gasteiger partial charge in [0.15, 0.2) is 0 Å². The molecule has 3 rings (SSSR count). The van der Waals surface area contributed by atoms with Crippen molar-refractivity contribution >= 4 is 23.2 Å². The molecular formula is C14H15N3O3S. The SMILES string of the molecule is CC1(C(=O)O)CCN(C(=O)c2cn[nH]c2-c2ccsc2)C1. The highest BCUT2D eigenvalue weighted by Gasteiger charge is 2.42. The van der Waals surface area contributed by atoms with E-state index in [0.717, 1.165) is 5.56 Å². The second kappa shape index (κ2) is 5.00. The zero-order valence-corrected chi connectivity index (χ0v) is 12.3. The van der Waals surface area contributed by atoms with E-state index in [-0.39, 0.29) is 12.5 Å². The molecule has 6 nitrogen and oxygen atoms in total. The van der Waals surface area contributed by atoms with Gasteiger partial charge in [0.05, 0.1) is 22.9 Å². The van der Waals surface area contributed by atoms with Crippen molar-refractivity contribution in [2.24, 2.45) is 5.41 Å². The number of carbonyl (C=O) groups is 2. The van der Waals surface area contributed by atoms with Gasteiger partial charge < -0.3 is 10.0 Å². The number of H-pyrrole nitrogens is 1. The molecule has 3 heterocycles. The van der Waals surface area contributed by atoms with Crippen LogP contribution in [0.4, 0.5) is 0 Å². The lowest BCUT2D eigenvalue weighted by atomic mass is 9.90. The first kappa shape index (κ1) is 13.8. The van der Waals surface area contributed by atoms with Crippen molar-refractivity contribution < 1.29 is 14.7 Å². The van der Waals surface area contributed by atoms with Crippen molar-refractivity contribution in [1.82, 2.24) is 15.1 Å². The second-order valence-electron chi connectivity index (χ2n) is 5.51. The molecule has 0 saturated carbocycles. The van der Waals surface area contributed by atoms with E-state index >= 15 is 0 Å². The van der Waals surface area contributed by atoms with Crippen LogP contribution < -0.4 is 0 Å². The number of rotatable bonds is 3. The molecule has 1 unspecified atom stereocenters. The van der Waals surface area contributed by atoms with Crippen LogP contribution in [0.2, 0.25) is 0 Å². The fraction of sp³-hybridized carbons (Fsp3) is 0.357. The Balaban J connectivity index is 1.85. The molecule has 1 aliphatic heterocycles. The average molecular weight is 305 g/mol. The Morgan fingerprint density at radius 3 is 2.95 bits per heavy atom. The van der Waals surface area contributed by atoms with E-state index in [9.17, 15) is 14.7 Å². The number of aliphatic carboxylic acids is 1. The van der Waals surface area contributed by atoms with Crippen LogP contribution in [0.1, 0.15) is 23.7 Å². The van der Waals surface area contributed by atoms with Crippen LogP contribution in [0.3, 0.4) is 0 Å². The summed E-state index contributed by atoms with van der Waals surface area (Å²) in [6.07, 6.45) is 1.98. The van der Waals surface area contributed by atoms with Crippen molar-refractivity contribution in [1.29, 1.82) is 0 Å². The van der Waals surface area contributed by atoms with Gasteiger partial charge >= 0.3 is 5.97 Å². The largest absolute Gasteiger partial charge is 0.481 e. The molecule has 0 spiro atoms. The Morgan fingerprint density at radius 1 is 1.52 bits per heavy atom. The number of aromatic amines is 1. The Morgan fingerprint density at radius 2 is 2.33 bits per heavy atom. The van der Waals surface area contributed by atoms with Gasteiger partial charge in [0, 0.05) is 24.0 Å². The summed E-state index contributed by atoms with van der Waals surface area (Å²) in [5, 5.41) is 19.9. The molecule has 1 atom stereocenters. The summed E-state index contributed by atoms with van der Waals surface area (Å²) in [5.74, 6) is -1.03. The standard InChI is InChI=1S/C14H15N3O3S/c1-14(13(19)20)3-4-17(8-14)12(18)10-6-15-16-11(10)9-2-5-21-7-9/h2,5-7H,3-4,8H2,1H3,(H,15,16)(H,19,20). The maximum absolute atomic E-state index is 12.6. The van der Waals surface area contributed by atoms with Crippen LogP contribution >= 0.6 is 11.3 Å². The van der Waals surface area contributed by atoms with Crippen LogP contribution in [0.25, 0.3) is 11.3 Å². The van der Waals surface area contributed by atoms with Crippen LogP contribution in [-0.2, 0) is 4.79 Å². The molecule has 1 amide bonds. The minimum Gasteiger partial charge on any atom is -0.481 e. The number of likely N-dealkylation sites (tertiary alicyclic amines) is 1. The lowest BCUT2D eigenvalue weighted by Crippen LogP contribution is -2.34. The van der Waals surface area contributed by atoms with E-state index in [1.54, 1.807) is 23.2 Å². The number of hydrogen-bond donors (Lipinski definition) is 2. The molecule has 1 aliphatic rings. The molecule has 7 heteroatoms. The Labute approximate surface area is 125 Å². The third kappa shape index (κ3) is 2.33. The zero-order valence-electron chi connectivity index (χ0n) is 11.5. The summed E-state index contributed by atoms with van der Waals surface area (Å²) < 4.78 is 0. The van der Waals surface area contributed by atoms with Crippen molar-refractivity contribution in [2.75, 3.05) is 13.1 Å². The van der Waals surface area contributed by atoms with E-state index in [0.29, 0.717) is 24.2 Å². The minimum absolute atomic E-state index is 0.171. The summed E-state index contributed by atoms with van der Waals surface area (Å²) in [6.45, 7) is 2.36. The molecule has 0 aromatic carbocycles. The normalized spacial score (nSPS) is 21.7. The predicted octanol–water partition coefficient (Wildman–Crippen LogP) is 2.08. The number of carbonyl (C=O) groups excluding carboxylic acids is 1. The average Bonchev–Trinajstić information content (AvgIpc) is 3.18. The molecule has 1 saturated heterocycles. The van der Waals surface area contributed by atoms with E-state index in [1.807, 2.05) is 16.8 Å². The quantitative estimate of drug-likeness (QED) is 0.909. The van der Waals surface area contributed by atoms with Crippen LogP contribution in [0.15, 0.2) is 23.0 Å². The number of nitrogens with zero attached hydrogens (tertiary/aromatic N) is 2. The summed E-state index contributed by atoms with van der Waals surface area (Å²) in [5.41, 5.74) is 1.23. The maximum Gasteiger partial charge on any atom is 0.311 e. The topological polar surface area (TPSA) is 86.3 Å². The molecule has 2 N–H and O–H groups in total. The lowest BCUT2D eigenvalue weighted by molar-refractivity contribution is -0.147. The Bertz CT molecular complexity index is 679. The number of carboxylic acids is 1. The van der Waals surface area contributed by atoms with Gasteiger partial charge in [-0.1, -0.05) is 0 Å². The summed E-state index contributed by atoms with van der Waals surface area (Å²) >= 11 is 1.54. The fourth-order valence-corrected chi connectivity index (χ4v) is 3.20. The Hall–Kier alpha value is -2.15. The third-order valence-corrected chi connectivity index (χ3v) is 4.64. The van der Waals surface area contributed by atoms with Crippen LogP contribution in [-0.4, -0.2) is 45.2 Å². The van der Waals surface area contributed by atoms with Gasteiger partial charge in [-0.05, 0) is 24.8 Å². The monoisotopic (exact) mass is 305 g/mol. The number of hydrogen-bond acceptors (Lipinski definition) is 4. The number of carboxylic acid groups (broad SMARTS) is 1. The van der Waals surface area contributed by atoms with Crippen molar-refractivity contribution in [2.45, 2.75) is 13.3 Å². The number of aromatic nitrogens is 2. The maximum atomic E-state index is 12.6. The number of amides is 1. The summed E-state index contributed by atoms with van der Waals surface area (Å²) in [6, 6.07) is 1.92. The van der Waals surface area contributed by atoms with Crippen molar-refractivity contribution in [3.05, 3.63) is 28.6 Å². The van der Waals surface area contributed by atoms with Crippen LogP contribution in [0, 0.1) is 5.41 Å². The number of nitrogens with one attached hydrogen (secondary N) is 1. The zero-order chi connectivity index (χ0) is 15.0. The van der Waals surface area contributed by atoms with Gasteiger partial charge in [-0.2, -0.15) is 16.4 Å². The van der Waals surface area contributed by atoms with Gasteiger partial charge in [-0.25, -0.2) is 0 Å². The smallest absolute Gasteiger partial charge is 0.311 e. The van der Waals surface area contributed by atoms with Gasteiger partial charge in [-0.3, -0.25) is 14.7 Å². The second-order valence-corrected chi connectivity index (χ2v) is 6.29. The van der Waals surface area contributed by atoms with Gasteiger partial charge in [-0.15, -0.1) is 0 Å². The summed E-state index contributed by atoms with van der Waals surface area (Å²) in [7, 11) is 0.